The number of nitrogens with one attached hydrogen (secondary N) is 1. The Morgan fingerprint density at radius 2 is 2.41 bits per heavy atom. The molecule has 0 radical (unpaired) electrons. The average Bonchev–Trinajstić information content (AvgIpc) is 2.94. The number of rotatable bonds is 3. The molecule has 22 heavy (non-hydrogen) atoms. The molecule has 6 heteroatoms. The highest BCUT2D eigenvalue weighted by atomic mass is 19.1. The molecular weight excluding hydrogens is 285 g/mol. The summed E-state index contributed by atoms with van der Waals surface area (Å²) in [6.45, 7) is 3.35. The fourth-order valence-corrected chi connectivity index (χ4v) is 2.65. The van der Waals surface area contributed by atoms with Gasteiger partial charge in [0.2, 0.25) is 5.91 Å². The summed E-state index contributed by atoms with van der Waals surface area (Å²) < 4.78 is 18.7. The molecule has 1 aliphatic rings. The number of aromatic amines is 1. The number of hydrogen-bond acceptors (Lipinski definition) is 3. The smallest absolute Gasteiger partial charge is 0.227 e. The number of aryl methyl sites for hydroxylation is 1. The maximum atomic E-state index is 13.2. The van der Waals surface area contributed by atoms with Crippen molar-refractivity contribution in [3.05, 3.63) is 53.4 Å². The number of H-pyrrole nitrogens is 1. The topological polar surface area (TPSA) is 58.2 Å². The molecular formula is C16H18FN3O2. The fourth-order valence-electron chi connectivity index (χ4n) is 2.65. The molecule has 3 rings (SSSR count). The summed E-state index contributed by atoms with van der Waals surface area (Å²) in [7, 11) is 0. The van der Waals surface area contributed by atoms with E-state index in [9.17, 15) is 9.18 Å². The number of benzene rings is 1. The van der Waals surface area contributed by atoms with E-state index >= 15 is 0 Å². The van der Waals surface area contributed by atoms with Crippen LogP contribution < -0.4 is 0 Å². The highest BCUT2D eigenvalue weighted by Crippen LogP contribution is 2.23. The van der Waals surface area contributed by atoms with Crippen molar-refractivity contribution in [3.8, 4) is 0 Å². The molecule has 0 unspecified atom stereocenters. The molecule has 1 aliphatic heterocycles. The molecule has 1 N–H and O–H groups in total. The summed E-state index contributed by atoms with van der Waals surface area (Å²) in [6, 6.07) is 5.92. The molecule has 116 valence electrons. The number of aromatic nitrogens is 2. The van der Waals surface area contributed by atoms with Crippen molar-refractivity contribution >= 4 is 5.91 Å². The van der Waals surface area contributed by atoms with Gasteiger partial charge in [-0.25, -0.2) is 9.37 Å². The Hall–Kier alpha value is -2.21. The monoisotopic (exact) mass is 303 g/mol. The Balaban J connectivity index is 1.76. The molecule has 5 nitrogen and oxygen atoms in total. The minimum absolute atomic E-state index is 0.0482. The SMILES string of the molecule is Cc1cnc([C@H]2COCCN2C(=O)Cc2cccc(F)c2)[nH]1. The molecule has 1 aromatic heterocycles. The summed E-state index contributed by atoms with van der Waals surface area (Å²) in [5.41, 5.74) is 1.61. The Kier molecular flexibility index (Phi) is 4.20. The second-order valence-electron chi connectivity index (χ2n) is 5.44. The van der Waals surface area contributed by atoms with Gasteiger partial charge >= 0.3 is 0 Å². The van der Waals surface area contributed by atoms with Gasteiger partial charge in [0, 0.05) is 18.4 Å². The first-order valence-electron chi connectivity index (χ1n) is 7.26. The van der Waals surface area contributed by atoms with E-state index in [0.717, 1.165) is 11.5 Å². The van der Waals surface area contributed by atoms with E-state index < -0.39 is 0 Å². The van der Waals surface area contributed by atoms with Gasteiger partial charge in [-0.3, -0.25) is 4.79 Å². The molecule has 1 saturated heterocycles. The van der Waals surface area contributed by atoms with Gasteiger partial charge in [-0.15, -0.1) is 0 Å². The van der Waals surface area contributed by atoms with Crippen molar-refractivity contribution in [1.82, 2.24) is 14.9 Å². The molecule has 0 bridgehead atoms. The molecule has 1 aromatic carbocycles. The van der Waals surface area contributed by atoms with Crippen LogP contribution in [-0.4, -0.2) is 40.5 Å². The zero-order valence-corrected chi connectivity index (χ0v) is 12.4. The third-order valence-electron chi connectivity index (χ3n) is 3.73. The van der Waals surface area contributed by atoms with Crippen molar-refractivity contribution in [2.24, 2.45) is 0 Å². The van der Waals surface area contributed by atoms with Crippen LogP contribution in [0.1, 0.15) is 23.1 Å². The summed E-state index contributed by atoms with van der Waals surface area (Å²) in [6.07, 6.45) is 1.91. The molecule has 0 spiro atoms. The van der Waals surface area contributed by atoms with Crippen LogP contribution in [0.3, 0.4) is 0 Å². The Morgan fingerprint density at radius 3 is 3.14 bits per heavy atom. The summed E-state index contributed by atoms with van der Waals surface area (Å²) in [5.74, 6) is 0.350. The Labute approximate surface area is 128 Å². The Morgan fingerprint density at radius 1 is 1.55 bits per heavy atom. The van der Waals surface area contributed by atoms with Gasteiger partial charge < -0.3 is 14.6 Å². The van der Waals surface area contributed by atoms with E-state index in [1.54, 1.807) is 23.2 Å². The van der Waals surface area contributed by atoms with Crippen LogP contribution in [0.25, 0.3) is 0 Å². The first kappa shape index (κ1) is 14.7. The molecule has 2 heterocycles. The van der Waals surface area contributed by atoms with E-state index in [-0.39, 0.29) is 24.2 Å². The average molecular weight is 303 g/mol. The normalized spacial score (nSPS) is 18.5. The molecule has 1 fully saturated rings. The summed E-state index contributed by atoms with van der Waals surface area (Å²) >= 11 is 0. The van der Waals surface area contributed by atoms with Gasteiger partial charge in [-0.1, -0.05) is 12.1 Å². The van der Waals surface area contributed by atoms with Crippen LogP contribution >= 0.6 is 0 Å². The van der Waals surface area contributed by atoms with Crippen LogP contribution in [0.15, 0.2) is 30.5 Å². The fraction of sp³-hybridized carbons (Fsp3) is 0.375. The quantitative estimate of drug-likeness (QED) is 0.943. The van der Waals surface area contributed by atoms with Crippen molar-refractivity contribution in [2.45, 2.75) is 19.4 Å². The number of ether oxygens (including phenoxy) is 1. The minimum Gasteiger partial charge on any atom is -0.377 e. The third kappa shape index (κ3) is 3.17. The van der Waals surface area contributed by atoms with E-state index in [4.69, 9.17) is 4.74 Å². The predicted molar refractivity (Wildman–Crippen MR) is 78.7 cm³/mol. The number of nitrogens with zero attached hydrogens (tertiary/aromatic N) is 2. The van der Waals surface area contributed by atoms with Crippen molar-refractivity contribution < 1.29 is 13.9 Å². The number of hydrogen-bond donors (Lipinski definition) is 1. The number of amides is 1. The summed E-state index contributed by atoms with van der Waals surface area (Å²) in [5, 5.41) is 0. The zero-order valence-electron chi connectivity index (χ0n) is 12.4. The molecule has 0 aliphatic carbocycles. The molecule has 2 aromatic rings. The van der Waals surface area contributed by atoms with Crippen LogP contribution in [0.4, 0.5) is 4.39 Å². The predicted octanol–water partition coefficient (Wildman–Crippen LogP) is 2.00. The molecule has 0 saturated carbocycles. The third-order valence-corrected chi connectivity index (χ3v) is 3.73. The first-order chi connectivity index (χ1) is 10.6. The van der Waals surface area contributed by atoms with E-state index in [1.165, 1.54) is 12.1 Å². The van der Waals surface area contributed by atoms with Gasteiger partial charge in [-0.2, -0.15) is 0 Å². The van der Waals surface area contributed by atoms with Gasteiger partial charge in [0.1, 0.15) is 17.7 Å². The van der Waals surface area contributed by atoms with Gasteiger partial charge in [0.05, 0.1) is 19.6 Å². The maximum Gasteiger partial charge on any atom is 0.227 e. The second kappa shape index (κ2) is 6.27. The lowest BCUT2D eigenvalue weighted by Crippen LogP contribution is -2.44. The lowest BCUT2D eigenvalue weighted by molar-refractivity contribution is -0.139. The minimum atomic E-state index is -0.328. The second-order valence-corrected chi connectivity index (χ2v) is 5.44. The summed E-state index contributed by atoms with van der Waals surface area (Å²) in [4.78, 5) is 21.8. The van der Waals surface area contributed by atoms with Gasteiger partial charge in [0.25, 0.3) is 0 Å². The number of halogens is 1. The first-order valence-corrected chi connectivity index (χ1v) is 7.26. The highest BCUT2D eigenvalue weighted by Gasteiger charge is 2.30. The van der Waals surface area contributed by atoms with Gasteiger partial charge in [0.15, 0.2) is 0 Å². The van der Waals surface area contributed by atoms with E-state index in [2.05, 4.69) is 9.97 Å². The number of carbonyl (C=O) groups is 1. The van der Waals surface area contributed by atoms with Gasteiger partial charge in [-0.05, 0) is 24.6 Å². The lowest BCUT2D eigenvalue weighted by atomic mass is 10.1. The van der Waals surface area contributed by atoms with Crippen LogP contribution in [-0.2, 0) is 16.0 Å². The standard InChI is InChI=1S/C16H18FN3O2/c1-11-9-18-16(19-11)14-10-22-6-5-20(14)15(21)8-12-3-2-4-13(17)7-12/h2-4,7,9,14H,5-6,8,10H2,1H3,(H,18,19)/t14-/m1/s1. The van der Waals surface area contributed by atoms with Crippen LogP contribution in [0.2, 0.25) is 0 Å². The van der Waals surface area contributed by atoms with Crippen molar-refractivity contribution in [1.29, 1.82) is 0 Å². The number of morpholine rings is 1. The molecule has 1 amide bonds. The zero-order chi connectivity index (χ0) is 15.5. The van der Waals surface area contributed by atoms with E-state index in [0.29, 0.717) is 25.3 Å². The van der Waals surface area contributed by atoms with Crippen LogP contribution in [0, 0.1) is 12.7 Å². The van der Waals surface area contributed by atoms with Crippen LogP contribution in [0.5, 0.6) is 0 Å². The number of imidazole rings is 1. The maximum absolute atomic E-state index is 13.2. The largest absolute Gasteiger partial charge is 0.377 e. The lowest BCUT2D eigenvalue weighted by Gasteiger charge is -2.34. The number of carbonyl (C=O) groups excluding carboxylic acids is 1. The van der Waals surface area contributed by atoms with Crippen molar-refractivity contribution in [3.63, 3.8) is 0 Å². The Bertz CT molecular complexity index is 671. The van der Waals surface area contributed by atoms with Crippen molar-refractivity contribution in [2.75, 3.05) is 19.8 Å². The van der Waals surface area contributed by atoms with E-state index in [1.807, 2.05) is 6.92 Å². The highest BCUT2D eigenvalue weighted by molar-refractivity contribution is 5.79. The molecule has 1 atom stereocenters.